The quantitative estimate of drug-likeness (QED) is 0.837. The third-order valence-electron chi connectivity index (χ3n) is 5.20. The van der Waals surface area contributed by atoms with E-state index in [1.165, 1.54) is 25.7 Å². The summed E-state index contributed by atoms with van der Waals surface area (Å²) in [5.74, 6) is 0.396. The maximum atomic E-state index is 12.6. The molecule has 3 nitrogen and oxygen atoms in total. The number of amides is 1. The zero-order valence-corrected chi connectivity index (χ0v) is 12.2. The molecular formula is C15H28N2O. The minimum atomic E-state index is -0.0609. The van der Waals surface area contributed by atoms with Gasteiger partial charge in [0.1, 0.15) is 0 Å². The SMILES string of the molecule is CNC1CCC(N(C)C(=O)C2(C)CCCC2)CC1. The largest absolute Gasteiger partial charge is 0.342 e. The van der Waals surface area contributed by atoms with E-state index in [1.54, 1.807) is 0 Å². The third-order valence-corrected chi connectivity index (χ3v) is 5.20. The minimum Gasteiger partial charge on any atom is -0.342 e. The van der Waals surface area contributed by atoms with Crippen LogP contribution >= 0.6 is 0 Å². The van der Waals surface area contributed by atoms with E-state index in [1.807, 2.05) is 14.1 Å². The summed E-state index contributed by atoms with van der Waals surface area (Å²) in [4.78, 5) is 14.7. The van der Waals surface area contributed by atoms with Crippen molar-refractivity contribution in [1.82, 2.24) is 10.2 Å². The second kappa shape index (κ2) is 5.60. The molecule has 0 unspecified atom stereocenters. The molecule has 2 saturated carbocycles. The topological polar surface area (TPSA) is 32.3 Å². The van der Waals surface area contributed by atoms with E-state index in [0.29, 0.717) is 18.0 Å². The van der Waals surface area contributed by atoms with E-state index in [0.717, 1.165) is 25.7 Å². The highest BCUT2D eigenvalue weighted by Crippen LogP contribution is 2.40. The molecule has 0 heterocycles. The maximum Gasteiger partial charge on any atom is 0.228 e. The Morgan fingerprint density at radius 1 is 1.17 bits per heavy atom. The molecule has 0 spiro atoms. The highest BCUT2D eigenvalue weighted by atomic mass is 16.2. The Labute approximate surface area is 111 Å². The number of carbonyl (C=O) groups is 1. The van der Waals surface area contributed by atoms with Crippen LogP contribution < -0.4 is 5.32 Å². The van der Waals surface area contributed by atoms with Crippen LogP contribution in [0.5, 0.6) is 0 Å². The van der Waals surface area contributed by atoms with Gasteiger partial charge in [0, 0.05) is 24.5 Å². The van der Waals surface area contributed by atoms with Crippen molar-refractivity contribution >= 4 is 5.91 Å². The molecular weight excluding hydrogens is 224 g/mol. The first-order chi connectivity index (χ1) is 8.57. The standard InChI is InChI=1S/C15H28N2O/c1-15(10-4-5-11-15)14(18)17(3)13-8-6-12(16-2)7-9-13/h12-13,16H,4-11H2,1-3H3. The predicted octanol–water partition coefficient (Wildman–Crippen LogP) is 2.56. The molecule has 1 amide bonds. The fourth-order valence-corrected chi connectivity index (χ4v) is 3.71. The molecule has 2 aliphatic carbocycles. The second-order valence-corrected chi connectivity index (χ2v) is 6.48. The molecule has 1 N–H and O–H groups in total. The lowest BCUT2D eigenvalue weighted by molar-refractivity contribution is -0.142. The van der Waals surface area contributed by atoms with Crippen molar-refractivity contribution in [3.05, 3.63) is 0 Å². The Bertz CT molecular complexity index is 289. The number of nitrogens with zero attached hydrogens (tertiary/aromatic N) is 1. The maximum absolute atomic E-state index is 12.6. The van der Waals surface area contributed by atoms with Crippen molar-refractivity contribution in [3.63, 3.8) is 0 Å². The van der Waals surface area contributed by atoms with Crippen LogP contribution in [0.25, 0.3) is 0 Å². The summed E-state index contributed by atoms with van der Waals surface area (Å²) in [6.45, 7) is 2.16. The summed E-state index contributed by atoms with van der Waals surface area (Å²) in [6.07, 6.45) is 9.34. The van der Waals surface area contributed by atoms with Crippen LogP contribution in [-0.4, -0.2) is 37.0 Å². The molecule has 104 valence electrons. The Morgan fingerprint density at radius 2 is 1.72 bits per heavy atom. The van der Waals surface area contributed by atoms with Gasteiger partial charge in [-0.25, -0.2) is 0 Å². The highest BCUT2D eigenvalue weighted by molar-refractivity contribution is 5.82. The Balaban J connectivity index is 1.91. The number of hydrogen-bond donors (Lipinski definition) is 1. The summed E-state index contributed by atoms with van der Waals surface area (Å²) in [7, 11) is 4.07. The molecule has 2 rings (SSSR count). The summed E-state index contributed by atoms with van der Waals surface area (Å²) in [5, 5.41) is 3.35. The van der Waals surface area contributed by atoms with Gasteiger partial charge in [0.2, 0.25) is 5.91 Å². The number of rotatable bonds is 3. The van der Waals surface area contributed by atoms with Crippen molar-refractivity contribution < 1.29 is 4.79 Å². The van der Waals surface area contributed by atoms with Crippen LogP contribution in [0.15, 0.2) is 0 Å². The predicted molar refractivity (Wildman–Crippen MR) is 74.4 cm³/mol. The van der Waals surface area contributed by atoms with Gasteiger partial charge >= 0.3 is 0 Å². The van der Waals surface area contributed by atoms with Crippen LogP contribution in [0.3, 0.4) is 0 Å². The van der Waals surface area contributed by atoms with Crippen molar-refractivity contribution in [2.75, 3.05) is 14.1 Å². The molecule has 3 heteroatoms. The second-order valence-electron chi connectivity index (χ2n) is 6.48. The molecule has 0 saturated heterocycles. The number of nitrogens with one attached hydrogen (secondary N) is 1. The van der Waals surface area contributed by atoms with Gasteiger partial charge in [0.25, 0.3) is 0 Å². The molecule has 0 radical (unpaired) electrons. The molecule has 0 aliphatic heterocycles. The van der Waals surface area contributed by atoms with Crippen LogP contribution in [-0.2, 0) is 4.79 Å². The third kappa shape index (κ3) is 2.71. The zero-order valence-electron chi connectivity index (χ0n) is 12.2. The molecule has 0 atom stereocenters. The Hall–Kier alpha value is -0.570. The zero-order chi connectivity index (χ0) is 13.2. The van der Waals surface area contributed by atoms with Gasteiger partial charge in [-0.05, 0) is 45.6 Å². The summed E-state index contributed by atoms with van der Waals surface area (Å²) >= 11 is 0. The Morgan fingerprint density at radius 3 is 2.22 bits per heavy atom. The average molecular weight is 252 g/mol. The smallest absolute Gasteiger partial charge is 0.228 e. The number of carbonyl (C=O) groups excluding carboxylic acids is 1. The van der Waals surface area contributed by atoms with Gasteiger partial charge in [-0.2, -0.15) is 0 Å². The number of hydrogen-bond acceptors (Lipinski definition) is 2. The Kier molecular flexibility index (Phi) is 4.31. The van der Waals surface area contributed by atoms with Crippen LogP contribution in [0.2, 0.25) is 0 Å². The van der Waals surface area contributed by atoms with Gasteiger partial charge in [-0.3, -0.25) is 4.79 Å². The van der Waals surface area contributed by atoms with E-state index in [9.17, 15) is 4.79 Å². The first-order valence-corrected chi connectivity index (χ1v) is 7.51. The van der Waals surface area contributed by atoms with Gasteiger partial charge < -0.3 is 10.2 Å². The van der Waals surface area contributed by atoms with E-state index in [-0.39, 0.29) is 5.41 Å². The molecule has 0 aromatic rings. The molecule has 2 fully saturated rings. The first-order valence-electron chi connectivity index (χ1n) is 7.51. The molecule has 2 aliphatic rings. The average Bonchev–Trinajstić information content (AvgIpc) is 2.85. The van der Waals surface area contributed by atoms with Gasteiger partial charge in [0.05, 0.1) is 0 Å². The van der Waals surface area contributed by atoms with Crippen LogP contribution in [0, 0.1) is 5.41 Å². The lowest BCUT2D eigenvalue weighted by Gasteiger charge is -2.38. The molecule has 18 heavy (non-hydrogen) atoms. The lowest BCUT2D eigenvalue weighted by Crippen LogP contribution is -2.47. The summed E-state index contributed by atoms with van der Waals surface area (Å²) in [5.41, 5.74) is -0.0609. The van der Waals surface area contributed by atoms with Gasteiger partial charge in [-0.1, -0.05) is 19.8 Å². The minimum absolute atomic E-state index is 0.0609. The lowest BCUT2D eigenvalue weighted by atomic mass is 9.84. The van der Waals surface area contributed by atoms with E-state index in [2.05, 4.69) is 17.1 Å². The normalized spacial score (nSPS) is 31.3. The van der Waals surface area contributed by atoms with E-state index < -0.39 is 0 Å². The van der Waals surface area contributed by atoms with Crippen molar-refractivity contribution in [2.45, 2.75) is 70.4 Å². The van der Waals surface area contributed by atoms with Crippen molar-refractivity contribution in [2.24, 2.45) is 5.41 Å². The molecule has 0 bridgehead atoms. The summed E-state index contributed by atoms with van der Waals surface area (Å²) < 4.78 is 0. The van der Waals surface area contributed by atoms with Crippen molar-refractivity contribution in [1.29, 1.82) is 0 Å². The first kappa shape index (κ1) is 13.9. The van der Waals surface area contributed by atoms with Gasteiger partial charge in [0.15, 0.2) is 0 Å². The van der Waals surface area contributed by atoms with Crippen LogP contribution in [0.1, 0.15) is 58.3 Å². The summed E-state index contributed by atoms with van der Waals surface area (Å²) in [6, 6.07) is 1.13. The van der Waals surface area contributed by atoms with Crippen molar-refractivity contribution in [3.8, 4) is 0 Å². The van der Waals surface area contributed by atoms with Gasteiger partial charge in [-0.15, -0.1) is 0 Å². The fourth-order valence-electron chi connectivity index (χ4n) is 3.71. The van der Waals surface area contributed by atoms with E-state index >= 15 is 0 Å². The van der Waals surface area contributed by atoms with E-state index in [4.69, 9.17) is 0 Å². The monoisotopic (exact) mass is 252 g/mol. The molecule has 0 aromatic carbocycles. The fraction of sp³-hybridized carbons (Fsp3) is 0.933. The highest BCUT2D eigenvalue weighted by Gasteiger charge is 2.40. The van der Waals surface area contributed by atoms with Crippen LogP contribution in [0.4, 0.5) is 0 Å². The molecule has 0 aromatic heterocycles.